The molecule has 1 aromatic heterocycles. The van der Waals surface area contributed by atoms with E-state index < -0.39 is 0 Å². The zero-order chi connectivity index (χ0) is 21.1. The Morgan fingerprint density at radius 3 is 2.63 bits per heavy atom. The van der Waals surface area contributed by atoms with Gasteiger partial charge in [0.2, 0.25) is 0 Å². The fraction of sp³-hybridized carbons (Fsp3) is 0.238. The molecule has 0 aliphatic carbocycles. The molecule has 1 saturated heterocycles. The summed E-state index contributed by atoms with van der Waals surface area (Å²) in [5.74, 6) is 0.747. The van der Waals surface area contributed by atoms with Crippen molar-refractivity contribution in [1.82, 2.24) is 15.1 Å². The normalized spacial score (nSPS) is 15.8. The number of aromatic nitrogens is 2. The van der Waals surface area contributed by atoms with Crippen molar-refractivity contribution in [2.75, 3.05) is 23.7 Å². The van der Waals surface area contributed by atoms with E-state index in [0.717, 1.165) is 41.0 Å². The predicted octanol–water partition coefficient (Wildman–Crippen LogP) is 4.89. The van der Waals surface area contributed by atoms with Gasteiger partial charge in [0.1, 0.15) is 11.9 Å². The van der Waals surface area contributed by atoms with Crippen molar-refractivity contribution >= 4 is 44.9 Å². The average Bonchev–Trinajstić information content (AvgIpc) is 3.34. The van der Waals surface area contributed by atoms with Crippen LogP contribution in [-0.4, -0.2) is 35.0 Å². The summed E-state index contributed by atoms with van der Waals surface area (Å²) in [5.41, 5.74) is 3.01. The summed E-state index contributed by atoms with van der Waals surface area (Å²) in [6, 6.07) is 12.2. The first-order valence-corrected chi connectivity index (χ1v) is 10.7. The van der Waals surface area contributed by atoms with Crippen molar-refractivity contribution in [1.29, 1.82) is 0 Å². The number of aryl methyl sites for hydroxylation is 1. The van der Waals surface area contributed by atoms with Crippen molar-refractivity contribution in [2.24, 2.45) is 7.05 Å². The molecule has 0 unspecified atom stereocenters. The van der Waals surface area contributed by atoms with E-state index >= 15 is 0 Å². The molecule has 2 amide bonds. The summed E-state index contributed by atoms with van der Waals surface area (Å²) in [6.07, 6.45) is 2.81. The largest absolute Gasteiger partial charge is 0.488 e. The number of hydrogen-bond donors (Lipinski definition) is 3. The van der Waals surface area contributed by atoms with Gasteiger partial charge in [-0.3, -0.25) is 4.68 Å². The molecule has 30 heavy (non-hydrogen) atoms. The smallest absolute Gasteiger partial charge is 0.323 e. The van der Waals surface area contributed by atoms with Gasteiger partial charge in [-0.05, 0) is 71.4 Å². The Morgan fingerprint density at radius 2 is 1.97 bits per heavy atom. The van der Waals surface area contributed by atoms with Crippen LogP contribution in [0.4, 0.5) is 16.2 Å². The predicted molar refractivity (Wildman–Crippen MR) is 122 cm³/mol. The van der Waals surface area contributed by atoms with Gasteiger partial charge in [-0.15, -0.1) is 0 Å². The van der Waals surface area contributed by atoms with E-state index in [-0.39, 0.29) is 12.1 Å². The number of nitrogens with zero attached hydrogens (tertiary/aromatic N) is 2. The number of carbonyl (C=O) groups excluding carboxylic acids is 1. The summed E-state index contributed by atoms with van der Waals surface area (Å²) in [4.78, 5) is 12.4. The van der Waals surface area contributed by atoms with Crippen LogP contribution in [0, 0.1) is 0 Å². The van der Waals surface area contributed by atoms with Crippen molar-refractivity contribution in [2.45, 2.75) is 12.5 Å². The molecular weight excluding hydrogens is 470 g/mol. The Morgan fingerprint density at radius 1 is 1.23 bits per heavy atom. The highest BCUT2D eigenvalue weighted by molar-refractivity contribution is 9.10. The van der Waals surface area contributed by atoms with Crippen LogP contribution in [0.25, 0.3) is 11.3 Å². The SMILES string of the molecule is Cn1ncc(Br)c1-c1cc(NC(=O)Nc2ccc(Cl)cc2)ccc1O[C@@H]1CCNC1. The molecule has 0 bridgehead atoms. The van der Waals surface area contributed by atoms with Crippen LogP contribution in [-0.2, 0) is 7.05 Å². The van der Waals surface area contributed by atoms with E-state index in [0.29, 0.717) is 16.4 Å². The van der Waals surface area contributed by atoms with E-state index in [1.54, 1.807) is 35.1 Å². The Labute approximate surface area is 187 Å². The van der Waals surface area contributed by atoms with Gasteiger partial charge < -0.3 is 20.7 Å². The maximum absolute atomic E-state index is 12.4. The van der Waals surface area contributed by atoms with Crippen molar-refractivity contribution < 1.29 is 9.53 Å². The molecule has 3 N–H and O–H groups in total. The second-order valence-corrected chi connectivity index (χ2v) is 8.29. The molecule has 156 valence electrons. The quantitative estimate of drug-likeness (QED) is 0.476. The Hall–Kier alpha value is -2.55. The molecule has 0 spiro atoms. The van der Waals surface area contributed by atoms with Crippen LogP contribution in [0.15, 0.2) is 53.1 Å². The van der Waals surface area contributed by atoms with Gasteiger partial charge >= 0.3 is 6.03 Å². The van der Waals surface area contributed by atoms with E-state index in [2.05, 4.69) is 37.0 Å². The number of amides is 2. The van der Waals surface area contributed by atoms with Crippen LogP contribution >= 0.6 is 27.5 Å². The van der Waals surface area contributed by atoms with Crippen molar-refractivity contribution in [3.05, 3.63) is 58.2 Å². The lowest BCUT2D eigenvalue weighted by Crippen LogP contribution is -2.21. The van der Waals surface area contributed by atoms with Crippen molar-refractivity contribution in [3.8, 4) is 17.0 Å². The summed E-state index contributed by atoms with van der Waals surface area (Å²) in [6.45, 7) is 1.76. The molecule has 4 rings (SSSR count). The number of nitrogens with one attached hydrogen (secondary N) is 3. The van der Waals surface area contributed by atoms with E-state index in [4.69, 9.17) is 16.3 Å². The molecule has 9 heteroatoms. The molecule has 1 fully saturated rings. The number of urea groups is 1. The second-order valence-electron chi connectivity index (χ2n) is 6.99. The lowest BCUT2D eigenvalue weighted by Gasteiger charge is -2.18. The van der Waals surface area contributed by atoms with Gasteiger partial charge in [0.05, 0.1) is 16.4 Å². The Kier molecular flexibility index (Phi) is 6.26. The third kappa shape index (κ3) is 4.77. The van der Waals surface area contributed by atoms with Crippen LogP contribution in [0.3, 0.4) is 0 Å². The van der Waals surface area contributed by atoms with Gasteiger partial charge in [-0.25, -0.2) is 4.79 Å². The number of hydrogen-bond acceptors (Lipinski definition) is 4. The summed E-state index contributed by atoms with van der Waals surface area (Å²) in [5, 5.41) is 13.9. The summed E-state index contributed by atoms with van der Waals surface area (Å²) < 4.78 is 8.87. The molecule has 1 aliphatic rings. The molecule has 1 aliphatic heterocycles. The zero-order valence-corrected chi connectivity index (χ0v) is 18.6. The van der Waals surface area contributed by atoms with Crippen LogP contribution in [0.1, 0.15) is 6.42 Å². The minimum Gasteiger partial charge on any atom is -0.488 e. The highest BCUT2D eigenvalue weighted by Crippen LogP contribution is 2.37. The topological polar surface area (TPSA) is 80.2 Å². The average molecular weight is 491 g/mol. The van der Waals surface area contributed by atoms with Gasteiger partial charge in [-0.1, -0.05) is 11.6 Å². The first-order valence-electron chi connectivity index (χ1n) is 9.52. The van der Waals surface area contributed by atoms with Gasteiger partial charge in [0, 0.05) is 35.6 Å². The number of halogens is 2. The number of ether oxygens (including phenoxy) is 1. The lowest BCUT2D eigenvalue weighted by atomic mass is 10.1. The second kappa shape index (κ2) is 9.07. The maximum Gasteiger partial charge on any atom is 0.323 e. The van der Waals surface area contributed by atoms with Crippen LogP contribution < -0.4 is 20.7 Å². The van der Waals surface area contributed by atoms with Gasteiger partial charge in [0.15, 0.2) is 0 Å². The molecule has 2 aromatic carbocycles. The number of benzene rings is 2. The summed E-state index contributed by atoms with van der Waals surface area (Å²) >= 11 is 9.45. The fourth-order valence-corrected chi connectivity index (χ4v) is 4.03. The van der Waals surface area contributed by atoms with E-state index in [1.807, 2.05) is 25.2 Å². The maximum atomic E-state index is 12.4. The number of anilines is 2. The van der Waals surface area contributed by atoms with Gasteiger partial charge in [0.25, 0.3) is 0 Å². The summed E-state index contributed by atoms with van der Waals surface area (Å²) in [7, 11) is 1.87. The van der Waals surface area contributed by atoms with E-state index in [9.17, 15) is 4.79 Å². The standard InChI is InChI=1S/C21H21BrClN5O2/c1-28-20(18(22)12-25-28)17-10-15(6-7-19(17)30-16-8-9-24-11-16)27-21(29)26-14-4-2-13(23)3-5-14/h2-7,10,12,16,24H,8-9,11H2,1H3,(H2,26,27,29)/t16-/m1/s1. The molecule has 0 saturated carbocycles. The highest BCUT2D eigenvalue weighted by Gasteiger charge is 2.21. The van der Waals surface area contributed by atoms with Crippen molar-refractivity contribution in [3.63, 3.8) is 0 Å². The molecule has 3 aromatic rings. The third-order valence-corrected chi connectivity index (χ3v) is 5.63. The monoisotopic (exact) mass is 489 g/mol. The van der Waals surface area contributed by atoms with Crippen LogP contribution in [0.5, 0.6) is 5.75 Å². The van der Waals surface area contributed by atoms with Crippen LogP contribution in [0.2, 0.25) is 5.02 Å². The highest BCUT2D eigenvalue weighted by atomic mass is 79.9. The number of rotatable bonds is 5. The molecule has 0 radical (unpaired) electrons. The first kappa shape index (κ1) is 20.7. The molecule has 1 atom stereocenters. The Balaban J connectivity index is 1.58. The first-order chi connectivity index (χ1) is 14.5. The fourth-order valence-electron chi connectivity index (χ4n) is 3.34. The van der Waals surface area contributed by atoms with E-state index in [1.165, 1.54) is 0 Å². The molecular formula is C21H21BrClN5O2. The number of carbonyl (C=O) groups is 1. The van der Waals surface area contributed by atoms with Gasteiger partial charge in [-0.2, -0.15) is 5.10 Å². The molecule has 7 nitrogen and oxygen atoms in total. The molecule has 2 heterocycles. The minimum atomic E-state index is -0.346. The minimum absolute atomic E-state index is 0.114. The lowest BCUT2D eigenvalue weighted by molar-refractivity contribution is 0.224. The Bertz CT molecular complexity index is 1030. The zero-order valence-electron chi connectivity index (χ0n) is 16.3. The third-order valence-electron chi connectivity index (χ3n) is 4.80.